The third-order valence-electron chi connectivity index (χ3n) is 4.46. The van der Waals surface area contributed by atoms with Crippen molar-refractivity contribution in [3.05, 3.63) is 42.3 Å². The summed E-state index contributed by atoms with van der Waals surface area (Å²) in [5.41, 5.74) is 2.40. The van der Waals surface area contributed by atoms with Crippen LogP contribution < -0.4 is 4.90 Å². The Labute approximate surface area is 137 Å². The first-order valence-electron chi connectivity index (χ1n) is 8.03. The Balaban J connectivity index is 1.44. The van der Waals surface area contributed by atoms with E-state index in [9.17, 15) is 0 Å². The van der Waals surface area contributed by atoms with Gasteiger partial charge in [-0.15, -0.1) is 14.8 Å². The summed E-state index contributed by atoms with van der Waals surface area (Å²) in [6.45, 7) is 1.78. The molecule has 0 unspecified atom stereocenters. The van der Waals surface area contributed by atoms with Crippen LogP contribution in [-0.2, 0) is 0 Å². The quantitative estimate of drug-likeness (QED) is 0.558. The Kier molecular flexibility index (Phi) is 2.94. The minimum Gasteiger partial charge on any atom is -0.440 e. The second-order valence-electron chi connectivity index (χ2n) is 6.02. The van der Waals surface area contributed by atoms with E-state index in [2.05, 4.69) is 30.5 Å². The standard InChI is InChI=1S/C16H15N7O/c1-2-6-13-12(5-1)17-16(24-13)11-4-3-9-22(10-11)15-8-7-14-18-20-21-23(14)19-15/h1-2,5-8,11H,3-4,9-10H2/t11-/m0/s1. The number of aromatic nitrogens is 6. The Morgan fingerprint density at radius 3 is 3.04 bits per heavy atom. The fraction of sp³-hybridized carbons (Fsp3) is 0.312. The first-order valence-corrected chi connectivity index (χ1v) is 8.03. The maximum atomic E-state index is 5.95. The molecule has 1 atom stereocenters. The molecule has 1 aliphatic heterocycles. The van der Waals surface area contributed by atoms with Gasteiger partial charge < -0.3 is 9.32 Å². The second kappa shape index (κ2) is 5.26. The van der Waals surface area contributed by atoms with E-state index in [1.807, 2.05) is 36.4 Å². The lowest BCUT2D eigenvalue weighted by atomic mass is 9.98. The van der Waals surface area contributed by atoms with E-state index in [1.54, 1.807) is 0 Å². The molecule has 0 aliphatic carbocycles. The number of hydrogen-bond donors (Lipinski definition) is 0. The van der Waals surface area contributed by atoms with Gasteiger partial charge in [0, 0.05) is 13.1 Å². The van der Waals surface area contributed by atoms with E-state index < -0.39 is 0 Å². The van der Waals surface area contributed by atoms with Gasteiger partial charge in [-0.3, -0.25) is 0 Å². The fourth-order valence-corrected chi connectivity index (χ4v) is 3.26. The van der Waals surface area contributed by atoms with Crippen LogP contribution in [0.2, 0.25) is 0 Å². The molecule has 8 heteroatoms. The largest absolute Gasteiger partial charge is 0.440 e. The third kappa shape index (κ3) is 2.18. The maximum Gasteiger partial charge on any atom is 0.200 e. The molecule has 0 bridgehead atoms. The predicted molar refractivity (Wildman–Crippen MR) is 86.8 cm³/mol. The highest BCUT2D eigenvalue weighted by molar-refractivity contribution is 5.72. The van der Waals surface area contributed by atoms with Gasteiger partial charge in [0.05, 0.1) is 5.92 Å². The average Bonchev–Trinajstić information content (AvgIpc) is 3.27. The molecule has 1 saturated heterocycles. The van der Waals surface area contributed by atoms with Gasteiger partial charge in [-0.1, -0.05) is 12.1 Å². The lowest BCUT2D eigenvalue weighted by Gasteiger charge is -2.31. The van der Waals surface area contributed by atoms with E-state index in [0.717, 1.165) is 48.7 Å². The molecule has 120 valence electrons. The van der Waals surface area contributed by atoms with E-state index >= 15 is 0 Å². The Morgan fingerprint density at radius 2 is 2.08 bits per heavy atom. The normalized spacial score (nSPS) is 18.5. The molecule has 0 saturated carbocycles. The monoisotopic (exact) mass is 321 g/mol. The molecular weight excluding hydrogens is 306 g/mol. The molecule has 1 aromatic carbocycles. The molecule has 8 nitrogen and oxygen atoms in total. The van der Waals surface area contributed by atoms with Gasteiger partial charge in [0.25, 0.3) is 0 Å². The molecule has 0 N–H and O–H groups in total. The van der Waals surface area contributed by atoms with Crippen molar-refractivity contribution in [3.8, 4) is 0 Å². The molecule has 3 aromatic heterocycles. The number of oxazole rings is 1. The number of benzene rings is 1. The first-order chi connectivity index (χ1) is 11.9. The number of anilines is 1. The average molecular weight is 321 g/mol. The van der Waals surface area contributed by atoms with Crippen LogP contribution >= 0.6 is 0 Å². The van der Waals surface area contributed by atoms with Crippen LogP contribution in [0.4, 0.5) is 5.82 Å². The van der Waals surface area contributed by atoms with E-state index in [0.29, 0.717) is 5.65 Å². The number of rotatable bonds is 2. The second-order valence-corrected chi connectivity index (χ2v) is 6.02. The van der Waals surface area contributed by atoms with Crippen molar-refractivity contribution in [1.82, 2.24) is 30.2 Å². The van der Waals surface area contributed by atoms with E-state index in [4.69, 9.17) is 4.42 Å². The first kappa shape index (κ1) is 13.4. The van der Waals surface area contributed by atoms with Gasteiger partial charge in [-0.2, -0.15) is 0 Å². The van der Waals surface area contributed by atoms with Crippen LogP contribution in [0.3, 0.4) is 0 Å². The van der Waals surface area contributed by atoms with Crippen LogP contribution in [0, 0.1) is 0 Å². The SMILES string of the molecule is c1ccc2oc([C@H]3CCCN(c4ccc5nnnn5n4)C3)nc2c1. The molecule has 4 aromatic rings. The van der Waals surface area contributed by atoms with E-state index in [-0.39, 0.29) is 5.92 Å². The van der Waals surface area contributed by atoms with Crippen LogP contribution in [0.25, 0.3) is 16.7 Å². The summed E-state index contributed by atoms with van der Waals surface area (Å²) in [5.74, 6) is 1.94. The van der Waals surface area contributed by atoms with Gasteiger partial charge in [-0.05, 0) is 47.5 Å². The highest BCUT2D eigenvalue weighted by Gasteiger charge is 2.26. The minimum atomic E-state index is 0.262. The number of hydrogen-bond acceptors (Lipinski definition) is 7. The van der Waals surface area contributed by atoms with Gasteiger partial charge in [0.1, 0.15) is 5.52 Å². The Hall–Kier alpha value is -3.03. The van der Waals surface area contributed by atoms with Crippen molar-refractivity contribution >= 4 is 22.6 Å². The zero-order valence-electron chi connectivity index (χ0n) is 12.9. The molecule has 0 amide bonds. The van der Waals surface area contributed by atoms with Crippen molar-refractivity contribution < 1.29 is 4.42 Å². The van der Waals surface area contributed by atoms with Crippen molar-refractivity contribution in [2.45, 2.75) is 18.8 Å². The summed E-state index contributed by atoms with van der Waals surface area (Å²) in [7, 11) is 0. The Bertz CT molecular complexity index is 967. The molecule has 0 spiro atoms. The third-order valence-corrected chi connectivity index (χ3v) is 4.46. The highest BCUT2D eigenvalue weighted by atomic mass is 16.3. The van der Waals surface area contributed by atoms with Gasteiger partial charge >= 0.3 is 0 Å². The minimum absolute atomic E-state index is 0.262. The number of tetrazole rings is 1. The van der Waals surface area contributed by atoms with Crippen LogP contribution in [0.1, 0.15) is 24.7 Å². The Morgan fingerprint density at radius 1 is 1.12 bits per heavy atom. The lowest BCUT2D eigenvalue weighted by Crippen LogP contribution is -2.35. The lowest BCUT2D eigenvalue weighted by molar-refractivity contribution is 0.411. The van der Waals surface area contributed by atoms with Crippen LogP contribution in [0.15, 0.2) is 40.8 Å². The fourth-order valence-electron chi connectivity index (χ4n) is 3.26. The van der Waals surface area contributed by atoms with Gasteiger partial charge in [0.2, 0.25) is 0 Å². The molecule has 0 radical (unpaired) electrons. The molecule has 24 heavy (non-hydrogen) atoms. The number of fused-ring (bicyclic) bond motifs is 2. The van der Waals surface area contributed by atoms with Crippen molar-refractivity contribution in [2.24, 2.45) is 0 Å². The summed E-state index contributed by atoms with van der Waals surface area (Å²) in [6, 6.07) is 11.7. The zero-order chi connectivity index (χ0) is 15.9. The number of piperidine rings is 1. The smallest absolute Gasteiger partial charge is 0.200 e. The molecule has 1 aliphatic rings. The molecule has 4 heterocycles. The van der Waals surface area contributed by atoms with Crippen molar-refractivity contribution in [1.29, 1.82) is 0 Å². The molecular formula is C16H15N7O. The van der Waals surface area contributed by atoms with E-state index in [1.165, 1.54) is 4.63 Å². The molecule has 5 rings (SSSR count). The van der Waals surface area contributed by atoms with Crippen molar-refractivity contribution in [2.75, 3.05) is 18.0 Å². The van der Waals surface area contributed by atoms with Gasteiger partial charge in [-0.25, -0.2) is 4.98 Å². The molecule has 1 fully saturated rings. The topological polar surface area (TPSA) is 85.2 Å². The highest BCUT2D eigenvalue weighted by Crippen LogP contribution is 2.30. The summed E-state index contributed by atoms with van der Waals surface area (Å²) in [4.78, 5) is 6.90. The van der Waals surface area contributed by atoms with Crippen LogP contribution in [-0.4, -0.2) is 43.3 Å². The predicted octanol–water partition coefficient (Wildman–Crippen LogP) is 2.04. The summed E-state index contributed by atoms with van der Waals surface area (Å²) in [5, 5.41) is 15.9. The summed E-state index contributed by atoms with van der Waals surface area (Å²) in [6.07, 6.45) is 2.13. The number of para-hydroxylation sites is 2. The van der Waals surface area contributed by atoms with Crippen LogP contribution in [0.5, 0.6) is 0 Å². The summed E-state index contributed by atoms with van der Waals surface area (Å²) >= 11 is 0. The zero-order valence-corrected chi connectivity index (χ0v) is 12.9. The summed E-state index contributed by atoms with van der Waals surface area (Å²) < 4.78 is 7.41. The number of nitrogens with zero attached hydrogens (tertiary/aromatic N) is 7. The maximum absolute atomic E-state index is 5.95. The van der Waals surface area contributed by atoms with Gasteiger partial charge in [0.15, 0.2) is 22.9 Å². The van der Waals surface area contributed by atoms with Crippen molar-refractivity contribution in [3.63, 3.8) is 0 Å².